The smallest absolute Gasteiger partial charge is 0.312 e. The summed E-state index contributed by atoms with van der Waals surface area (Å²) < 4.78 is 5.78. The molecule has 0 aromatic carbocycles. The minimum atomic E-state index is -1.11. The van der Waals surface area contributed by atoms with E-state index in [0.29, 0.717) is 12.3 Å². The van der Waals surface area contributed by atoms with Crippen LogP contribution in [0.15, 0.2) is 0 Å². The maximum Gasteiger partial charge on any atom is 0.312 e. The Morgan fingerprint density at radius 2 is 2.04 bits per heavy atom. The first kappa shape index (κ1) is 18.1. The molecule has 4 saturated carbocycles. The Labute approximate surface area is 167 Å². The third-order valence-corrected chi connectivity index (χ3v) is 10.6. The highest BCUT2D eigenvalue weighted by atomic mass is 16.5. The maximum absolute atomic E-state index is 13.1. The summed E-state index contributed by atoms with van der Waals surface area (Å²) in [6, 6.07) is 0.201. The zero-order valence-electron chi connectivity index (χ0n) is 17.4. The van der Waals surface area contributed by atoms with Gasteiger partial charge in [-0.15, -0.1) is 0 Å². The number of ether oxygens (including phenoxy) is 1. The summed E-state index contributed by atoms with van der Waals surface area (Å²) in [4.78, 5) is 15.7. The van der Waals surface area contributed by atoms with Crippen LogP contribution in [0.4, 0.5) is 0 Å². The number of aliphatic hydroxyl groups excluding tert-OH is 1. The second kappa shape index (κ2) is 5.33. The van der Waals surface area contributed by atoms with Gasteiger partial charge in [-0.1, -0.05) is 27.2 Å². The van der Waals surface area contributed by atoms with E-state index in [-0.39, 0.29) is 46.7 Å². The van der Waals surface area contributed by atoms with E-state index in [4.69, 9.17) is 4.74 Å². The second-order valence-corrected chi connectivity index (χ2v) is 11.2. The van der Waals surface area contributed by atoms with Gasteiger partial charge in [0.15, 0.2) is 0 Å². The van der Waals surface area contributed by atoms with Crippen LogP contribution >= 0.6 is 0 Å². The number of carbonyl (C=O) groups is 1. The number of esters is 1. The number of hydrogen-bond acceptors (Lipinski definition) is 5. The van der Waals surface area contributed by atoms with Crippen LogP contribution in [0.1, 0.15) is 59.3 Å². The molecule has 7 rings (SSSR count). The van der Waals surface area contributed by atoms with Crippen LogP contribution < -0.4 is 0 Å². The Bertz CT molecular complexity index is 727. The van der Waals surface area contributed by atoms with E-state index < -0.39 is 17.6 Å². The van der Waals surface area contributed by atoms with Gasteiger partial charge in [-0.3, -0.25) is 9.69 Å². The van der Waals surface area contributed by atoms with Crippen molar-refractivity contribution in [1.82, 2.24) is 4.90 Å². The van der Waals surface area contributed by atoms with E-state index >= 15 is 0 Å². The van der Waals surface area contributed by atoms with E-state index in [1.54, 1.807) is 0 Å². The van der Waals surface area contributed by atoms with Crippen molar-refractivity contribution in [2.45, 2.75) is 83.1 Å². The van der Waals surface area contributed by atoms with Gasteiger partial charge in [-0.05, 0) is 67.2 Å². The average molecular weight is 390 g/mol. The molecule has 4 aliphatic carbocycles. The van der Waals surface area contributed by atoms with Crippen LogP contribution in [-0.4, -0.2) is 58.0 Å². The summed E-state index contributed by atoms with van der Waals surface area (Å²) in [6.07, 6.45) is 5.10. The Balaban J connectivity index is 1.66. The highest BCUT2D eigenvalue weighted by molar-refractivity contribution is 5.77. The lowest BCUT2D eigenvalue weighted by Gasteiger charge is -2.69. The number of aliphatic hydroxyl groups is 2. The van der Waals surface area contributed by atoms with Crippen LogP contribution in [0.2, 0.25) is 0 Å². The number of fused-ring (bicyclic) bond motifs is 2. The Morgan fingerprint density at radius 1 is 1.25 bits per heavy atom. The van der Waals surface area contributed by atoms with Gasteiger partial charge in [-0.2, -0.15) is 0 Å². The average Bonchev–Trinajstić information content (AvgIpc) is 2.73. The standard InChI is InChI=1S/C23H35NO4/c1-4-12-6-8-21(3)11-24(5-2)19-16-17(25)18(21)23(12,19)14-10-13-7-9-22(16,27)15(14)20(26)28-13/h12-19,25,27H,4-11H2,1-3H3/t12?,13?,14?,15?,16?,17?,18?,19?,21-,22+,23+/m0/s1. The van der Waals surface area contributed by atoms with E-state index in [9.17, 15) is 15.0 Å². The number of carbonyl (C=O) groups excluding carboxylic acids is 1. The van der Waals surface area contributed by atoms with Crippen molar-refractivity contribution >= 4 is 5.97 Å². The molecule has 28 heavy (non-hydrogen) atoms. The predicted molar refractivity (Wildman–Crippen MR) is 103 cm³/mol. The van der Waals surface area contributed by atoms with Gasteiger partial charge in [0.25, 0.3) is 0 Å². The molecule has 0 aromatic rings. The fourth-order valence-electron chi connectivity index (χ4n) is 10.1. The molecule has 3 saturated heterocycles. The normalized spacial score (nSPS) is 61.8. The number of piperidine rings is 1. The number of rotatable bonds is 2. The fraction of sp³-hybridized carbons (Fsp3) is 0.957. The van der Waals surface area contributed by atoms with Crippen molar-refractivity contribution in [3.05, 3.63) is 0 Å². The van der Waals surface area contributed by atoms with Crippen molar-refractivity contribution in [2.24, 2.45) is 40.4 Å². The van der Waals surface area contributed by atoms with Gasteiger partial charge < -0.3 is 14.9 Å². The molecule has 5 nitrogen and oxygen atoms in total. The van der Waals surface area contributed by atoms with Gasteiger partial charge >= 0.3 is 5.97 Å². The molecule has 7 aliphatic rings. The first-order valence-electron chi connectivity index (χ1n) is 11.7. The molecule has 9 bridgehead atoms. The van der Waals surface area contributed by atoms with E-state index in [2.05, 4.69) is 25.7 Å². The third-order valence-electron chi connectivity index (χ3n) is 10.6. The maximum atomic E-state index is 13.1. The van der Waals surface area contributed by atoms with Crippen LogP contribution in [0, 0.1) is 40.4 Å². The van der Waals surface area contributed by atoms with Crippen LogP contribution in [-0.2, 0) is 9.53 Å². The quantitative estimate of drug-likeness (QED) is 0.709. The first-order chi connectivity index (χ1) is 13.3. The Morgan fingerprint density at radius 3 is 2.75 bits per heavy atom. The second-order valence-electron chi connectivity index (χ2n) is 11.2. The first-order valence-corrected chi connectivity index (χ1v) is 11.7. The predicted octanol–water partition coefficient (Wildman–Crippen LogP) is 2.20. The zero-order chi connectivity index (χ0) is 19.6. The monoisotopic (exact) mass is 389 g/mol. The Hall–Kier alpha value is -0.650. The largest absolute Gasteiger partial charge is 0.462 e. The summed E-state index contributed by atoms with van der Waals surface area (Å²) in [6.45, 7) is 8.88. The molecular weight excluding hydrogens is 354 g/mol. The van der Waals surface area contributed by atoms with Crippen LogP contribution in [0.25, 0.3) is 0 Å². The topological polar surface area (TPSA) is 70.0 Å². The molecular formula is C23H35NO4. The minimum Gasteiger partial charge on any atom is -0.462 e. The van der Waals surface area contributed by atoms with Crippen LogP contribution in [0.3, 0.4) is 0 Å². The molecule has 3 heterocycles. The van der Waals surface area contributed by atoms with Gasteiger partial charge in [0, 0.05) is 18.5 Å². The van der Waals surface area contributed by atoms with Crippen molar-refractivity contribution < 1.29 is 19.7 Å². The van der Waals surface area contributed by atoms with E-state index in [1.807, 2.05) is 0 Å². The van der Waals surface area contributed by atoms with Gasteiger partial charge in [0.1, 0.15) is 6.10 Å². The van der Waals surface area contributed by atoms with Gasteiger partial charge in [-0.25, -0.2) is 0 Å². The van der Waals surface area contributed by atoms with Crippen LogP contribution in [0.5, 0.6) is 0 Å². The SMILES string of the molecule is CCC1CC[C@@]2(C)CN(CC)C3C4C(O)C2[C@]13C1CC2CC[C@@]4(O)C1C(=O)O2. The molecule has 3 aliphatic heterocycles. The highest BCUT2D eigenvalue weighted by Crippen LogP contribution is 2.78. The lowest BCUT2D eigenvalue weighted by atomic mass is 9.40. The van der Waals surface area contributed by atoms with Crippen molar-refractivity contribution in [1.29, 1.82) is 0 Å². The summed E-state index contributed by atoms with van der Waals surface area (Å²) in [5.74, 6) is 0.0163. The molecule has 8 unspecified atom stereocenters. The summed E-state index contributed by atoms with van der Waals surface area (Å²) in [7, 11) is 0. The molecule has 11 atom stereocenters. The summed E-state index contributed by atoms with van der Waals surface area (Å²) in [5, 5.41) is 24.0. The molecule has 5 heteroatoms. The molecule has 2 N–H and O–H groups in total. The molecule has 0 amide bonds. The molecule has 156 valence electrons. The van der Waals surface area contributed by atoms with Gasteiger partial charge in [0.2, 0.25) is 0 Å². The Kier molecular flexibility index (Phi) is 3.46. The van der Waals surface area contributed by atoms with Crippen molar-refractivity contribution in [3.8, 4) is 0 Å². The lowest BCUT2D eigenvalue weighted by Crippen LogP contribution is -2.75. The molecule has 7 fully saturated rings. The van der Waals surface area contributed by atoms with Crippen molar-refractivity contribution in [2.75, 3.05) is 13.1 Å². The zero-order valence-corrected chi connectivity index (χ0v) is 17.4. The fourth-order valence-corrected chi connectivity index (χ4v) is 10.1. The van der Waals surface area contributed by atoms with Crippen molar-refractivity contribution in [3.63, 3.8) is 0 Å². The third kappa shape index (κ3) is 1.69. The number of nitrogens with zero attached hydrogens (tertiary/aromatic N) is 1. The summed E-state index contributed by atoms with van der Waals surface area (Å²) >= 11 is 0. The van der Waals surface area contributed by atoms with Gasteiger partial charge in [0.05, 0.1) is 17.6 Å². The molecule has 0 radical (unpaired) electrons. The molecule has 0 aromatic heterocycles. The van der Waals surface area contributed by atoms with E-state index in [1.165, 1.54) is 6.42 Å². The summed E-state index contributed by atoms with van der Waals surface area (Å²) in [5.41, 5.74) is -1.10. The molecule has 1 spiro atoms. The lowest BCUT2D eigenvalue weighted by molar-refractivity contribution is -0.254. The minimum absolute atomic E-state index is 0.0462. The number of likely N-dealkylation sites (tertiary alicyclic amines) is 1. The number of hydrogen-bond donors (Lipinski definition) is 2. The van der Waals surface area contributed by atoms with E-state index in [0.717, 1.165) is 38.8 Å². The highest BCUT2D eigenvalue weighted by Gasteiger charge is 2.83.